The van der Waals surface area contributed by atoms with Gasteiger partial charge in [0.25, 0.3) is 0 Å². The molecule has 1 saturated heterocycles. The van der Waals surface area contributed by atoms with E-state index >= 15 is 0 Å². The summed E-state index contributed by atoms with van der Waals surface area (Å²) in [4.78, 5) is 14.0. The van der Waals surface area contributed by atoms with Gasteiger partial charge in [0.15, 0.2) is 0 Å². The van der Waals surface area contributed by atoms with E-state index in [9.17, 15) is 17.6 Å². The lowest BCUT2D eigenvalue weighted by atomic mass is 10.2. The summed E-state index contributed by atoms with van der Waals surface area (Å²) in [5.41, 5.74) is 0.364. The predicted molar refractivity (Wildman–Crippen MR) is 93.8 cm³/mol. The van der Waals surface area contributed by atoms with Crippen molar-refractivity contribution in [3.8, 4) is 0 Å². The van der Waals surface area contributed by atoms with E-state index in [0.717, 1.165) is 6.07 Å². The average molecular weight is 396 g/mol. The predicted octanol–water partition coefficient (Wildman–Crippen LogP) is 1.29. The molecular weight excluding hydrogens is 375 g/mol. The van der Waals surface area contributed by atoms with Crippen LogP contribution in [0.15, 0.2) is 27.5 Å². The van der Waals surface area contributed by atoms with E-state index in [1.165, 1.54) is 16.4 Å². The minimum atomic E-state index is -3.72. The normalized spacial score (nSPS) is 15.9. The summed E-state index contributed by atoms with van der Waals surface area (Å²) < 4.78 is 45.4. The lowest BCUT2D eigenvalue weighted by molar-refractivity contribution is -0.132. The van der Waals surface area contributed by atoms with Gasteiger partial charge in [-0.3, -0.25) is 4.79 Å². The molecule has 0 N–H and O–H groups in total. The van der Waals surface area contributed by atoms with Gasteiger partial charge in [0, 0.05) is 45.9 Å². The number of hydrogen-bond donors (Lipinski definition) is 0. The molecule has 0 saturated carbocycles. The van der Waals surface area contributed by atoms with Crippen LogP contribution in [0.1, 0.15) is 23.8 Å². The van der Waals surface area contributed by atoms with E-state index < -0.39 is 15.8 Å². The summed E-state index contributed by atoms with van der Waals surface area (Å²) in [5.74, 6) is 0.306. The van der Waals surface area contributed by atoms with Crippen molar-refractivity contribution in [3.63, 3.8) is 0 Å². The number of aromatic nitrogens is 2. The van der Waals surface area contributed by atoms with Gasteiger partial charge < -0.3 is 9.32 Å². The van der Waals surface area contributed by atoms with Gasteiger partial charge in [0.05, 0.1) is 4.90 Å². The number of rotatable bonds is 5. The second kappa shape index (κ2) is 7.73. The van der Waals surface area contributed by atoms with Crippen molar-refractivity contribution < 1.29 is 22.0 Å². The average Bonchev–Trinajstić information content (AvgIpc) is 3.05. The van der Waals surface area contributed by atoms with Gasteiger partial charge in [-0.05, 0) is 30.7 Å². The molecule has 2 heterocycles. The maximum atomic E-state index is 13.2. The van der Waals surface area contributed by atoms with Gasteiger partial charge in [0.2, 0.25) is 27.7 Å². The van der Waals surface area contributed by atoms with E-state index in [2.05, 4.69) is 10.2 Å². The van der Waals surface area contributed by atoms with Crippen LogP contribution in [0.4, 0.5) is 4.39 Å². The third-order valence-electron chi connectivity index (χ3n) is 4.47. The van der Waals surface area contributed by atoms with E-state index in [0.29, 0.717) is 36.9 Å². The first-order valence-electron chi connectivity index (χ1n) is 8.60. The molecular formula is C17H21FN4O4S. The SMILES string of the molecule is Cc1nnc(CCC(=O)N2CCN(S(=O)(=O)c3ccc(F)cc3C)CC2)o1. The second-order valence-corrected chi connectivity index (χ2v) is 8.32. The maximum Gasteiger partial charge on any atom is 0.243 e. The Morgan fingerprint density at radius 1 is 1.19 bits per heavy atom. The second-order valence-electron chi connectivity index (χ2n) is 6.41. The molecule has 2 aromatic rings. The number of carbonyl (C=O) groups excluding carboxylic acids is 1. The summed E-state index contributed by atoms with van der Waals surface area (Å²) in [6, 6.07) is 3.62. The summed E-state index contributed by atoms with van der Waals surface area (Å²) in [6.07, 6.45) is 0.582. The Kier molecular flexibility index (Phi) is 5.56. The highest BCUT2D eigenvalue weighted by Gasteiger charge is 2.31. The van der Waals surface area contributed by atoms with E-state index in [1.807, 2.05) is 0 Å². The zero-order valence-electron chi connectivity index (χ0n) is 15.2. The molecule has 1 aliphatic heterocycles. The van der Waals surface area contributed by atoms with Crippen LogP contribution in [0.25, 0.3) is 0 Å². The first-order chi connectivity index (χ1) is 12.8. The first-order valence-corrected chi connectivity index (χ1v) is 10.0. The maximum absolute atomic E-state index is 13.2. The molecule has 0 aliphatic carbocycles. The van der Waals surface area contributed by atoms with Crippen LogP contribution in [0.5, 0.6) is 0 Å². The van der Waals surface area contributed by atoms with E-state index in [1.54, 1.807) is 18.7 Å². The zero-order valence-corrected chi connectivity index (χ0v) is 16.0. The Bertz CT molecular complexity index is 936. The molecule has 1 amide bonds. The number of benzene rings is 1. The molecule has 0 unspecified atom stereocenters. The number of hydrogen-bond acceptors (Lipinski definition) is 6. The summed E-state index contributed by atoms with van der Waals surface area (Å²) in [5, 5.41) is 7.57. The van der Waals surface area contributed by atoms with Crippen molar-refractivity contribution in [2.24, 2.45) is 0 Å². The highest BCUT2D eigenvalue weighted by atomic mass is 32.2. The quantitative estimate of drug-likeness (QED) is 0.756. The van der Waals surface area contributed by atoms with Gasteiger partial charge in [-0.2, -0.15) is 4.31 Å². The molecule has 3 rings (SSSR count). The number of sulfonamides is 1. The number of carbonyl (C=O) groups is 1. The molecule has 27 heavy (non-hydrogen) atoms. The van der Waals surface area contributed by atoms with Crippen molar-refractivity contribution in [3.05, 3.63) is 41.4 Å². The van der Waals surface area contributed by atoms with Crippen LogP contribution in [0.2, 0.25) is 0 Å². The highest BCUT2D eigenvalue weighted by molar-refractivity contribution is 7.89. The van der Waals surface area contributed by atoms with Crippen LogP contribution < -0.4 is 0 Å². The Hall–Kier alpha value is -2.33. The monoisotopic (exact) mass is 396 g/mol. The Balaban J connectivity index is 1.58. The summed E-state index contributed by atoms with van der Waals surface area (Å²) in [7, 11) is -3.72. The molecule has 146 valence electrons. The molecule has 10 heteroatoms. The number of piperazine rings is 1. The van der Waals surface area contributed by atoms with Crippen LogP contribution in [-0.2, 0) is 21.2 Å². The van der Waals surface area contributed by atoms with Crippen LogP contribution in [0, 0.1) is 19.7 Å². The summed E-state index contributed by atoms with van der Waals surface area (Å²) in [6.45, 7) is 4.26. The number of amides is 1. The first kappa shape index (κ1) is 19.4. The topological polar surface area (TPSA) is 96.6 Å². The molecule has 0 radical (unpaired) electrons. The van der Waals surface area contributed by atoms with Crippen molar-refractivity contribution in [1.82, 2.24) is 19.4 Å². The third kappa shape index (κ3) is 4.33. The van der Waals surface area contributed by atoms with Crippen LogP contribution >= 0.6 is 0 Å². The molecule has 8 nitrogen and oxygen atoms in total. The fourth-order valence-electron chi connectivity index (χ4n) is 3.03. The highest BCUT2D eigenvalue weighted by Crippen LogP contribution is 2.22. The Morgan fingerprint density at radius 3 is 2.48 bits per heavy atom. The molecule has 0 bridgehead atoms. The smallest absolute Gasteiger partial charge is 0.243 e. The van der Waals surface area contributed by atoms with Gasteiger partial charge in [-0.1, -0.05) is 0 Å². The lowest BCUT2D eigenvalue weighted by Crippen LogP contribution is -2.50. The largest absolute Gasteiger partial charge is 0.426 e. The number of nitrogens with zero attached hydrogens (tertiary/aromatic N) is 4. The minimum Gasteiger partial charge on any atom is -0.426 e. The fraction of sp³-hybridized carbons (Fsp3) is 0.471. The number of aryl methyl sites for hydroxylation is 3. The summed E-state index contributed by atoms with van der Waals surface area (Å²) >= 11 is 0. The third-order valence-corrected chi connectivity index (χ3v) is 6.53. The minimum absolute atomic E-state index is 0.0825. The molecule has 0 spiro atoms. The lowest BCUT2D eigenvalue weighted by Gasteiger charge is -2.34. The molecule has 1 aliphatic rings. The Morgan fingerprint density at radius 2 is 1.89 bits per heavy atom. The van der Waals surface area contributed by atoms with E-state index in [-0.39, 0.29) is 30.3 Å². The van der Waals surface area contributed by atoms with Crippen molar-refractivity contribution in [1.29, 1.82) is 0 Å². The standard InChI is InChI=1S/C17H21FN4O4S/c1-12-11-14(18)3-4-15(12)27(24,25)22-9-7-21(8-10-22)17(23)6-5-16-20-19-13(2)26-16/h3-4,11H,5-10H2,1-2H3. The molecule has 0 atom stereocenters. The molecule has 1 aromatic carbocycles. The van der Waals surface area contributed by atoms with Gasteiger partial charge in [-0.15, -0.1) is 10.2 Å². The zero-order chi connectivity index (χ0) is 19.6. The van der Waals surface area contributed by atoms with Crippen molar-refractivity contribution in [2.45, 2.75) is 31.6 Å². The number of halogens is 1. The fourth-order valence-corrected chi connectivity index (χ4v) is 4.66. The van der Waals surface area contributed by atoms with Crippen molar-refractivity contribution >= 4 is 15.9 Å². The van der Waals surface area contributed by atoms with Gasteiger partial charge in [0.1, 0.15) is 5.82 Å². The van der Waals surface area contributed by atoms with Crippen molar-refractivity contribution in [2.75, 3.05) is 26.2 Å². The van der Waals surface area contributed by atoms with E-state index in [4.69, 9.17) is 4.42 Å². The van der Waals surface area contributed by atoms with Crippen LogP contribution in [-0.4, -0.2) is 59.9 Å². The van der Waals surface area contributed by atoms with Gasteiger partial charge in [-0.25, -0.2) is 12.8 Å². The van der Waals surface area contributed by atoms with Gasteiger partial charge >= 0.3 is 0 Å². The van der Waals surface area contributed by atoms with Crippen LogP contribution in [0.3, 0.4) is 0 Å². The Labute approximate surface area is 157 Å². The molecule has 1 fully saturated rings. The molecule has 1 aromatic heterocycles.